The minimum atomic E-state index is 0.834. The molecule has 0 spiro atoms. The highest BCUT2D eigenvalue weighted by atomic mass is 15.3. The molecular weight excluding hydrogens is 186 g/mol. The van der Waals surface area contributed by atoms with E-state index in [9.17, 15) is 0 Å². The molecule has 86 valence electrons. The second-order valence-electron chi connectivity index (χ2n) is 4.85. The van der Waals surface area contributed by atoms with Gasteiger partial charge in [-0.1, -0.05) is 6.58 Å². The average molecular weight is 209 g/mol. The predicted octanol–water partition coefficient (Wildman–Crippen LogP) is 0.542. The molecule has 0 aromatic carbocycles. The van der Waals surface area contributed by atoms with E-state index in [2.05, 4.69) is 21.7 Å². The molecule has 2 rings (SSSR count). The fourth-order valence-corrected chi connectivity index (χ4v) is 2.82. The third-order valence-corrected chi connectivity index (χ3v) is 3.55. The smallest absolute Gasteiger partial charge is 0.0224 e. The topological polar surface area (TPSA) is 18.5 Å². The van der Waals surface area contributed by atoms with E-state index >= 15 is 0 Å². The molecule has 0 aromatic heterocycles. The van der Waals surface area contributed by atoms with E-state index < -0.39 is 0 Å². The third-order valence-electron chi connectivity index (χ3n) is 3.55. The van der Waals surface area contributed by atoms with Crippen molar-refractivity contribution in [1.29, 1.82) is 0 Å². The van der Waals surface area contributed by atoms with Crippen LogP contribution in [0.4, 0.5) is 0 Å². The van der Waals surface area contributed by atoms with E-state index in [1.165, 1.54) is 44.6 Å². The zero-order valence-corrected chi connectivity index (χ0v) is 9.84. The number of nitrogens with zero attached hydrogens (tertiary/aromatic N) is 2. The van der Waals surface area contributed by atoms with Gasteiger partial charge in [0, 0.05) is 38.8 Å². The van der Waals surface area contributed by atoms with Crippen LogP contribution in [0, 0.1) is 0 Å². The summed E-state index contributed by atoms with van der Waals surface area (Å²) in [7, 11) is 1.99. The first-order chi connectivity index (χ1) is 7.29. The van der Waals surface area contributed by atoms with Crippen LogP contribution in [-0.2, 0) is 0 Å². The Morgan fingerprint density at radius 3 is 3.07 bits per heavy atom. The zero-order valence-electron chi connectivity index (χ0n) is 9.84. The maximum Gasteiger partial charge on any atom is 0.0224 e. The van der Waals surface area contributed by atoms with Crippen molar-refractivity contribution in [2.45, 2.75) is 18.9 Å². The van der Waals surface area contributed by atoms with Crippen LogP contribution in [0.15, 0.2) is 12.2 Å². The van der Waals surface area contributed by atoms with Gasteiger partial charge in [-0.25, -0.2) is 0 Å². The van der Waals surface area contributed by atoms with Gasteiger partial charge in [-0.3, -0.25) is 9.80 Å². The molecular formula is C12H23N3. The lowest BCUT2D eigenvalue weighted by Gasteiger charge is -2.37. The van der Waals surface area contributed by atoms with Crippen LogP contribution in [-0.4, -0.2) is 62.2 Å². The fraction of sp³-hybridized carbons (Fsp3) is 0.833. The van der Waals surface area contributed by atoms with Crippen LogP contribution >= 0.6 is 0 Å². The Labute approximate surface area is 93.1 Å². The second-order valence-corrected chi connectivity index (χ2v) is 4.85. The zero-order chi connectivity index (χ0) is 10.7. The Hall–Kier alpha value is -0.380. The summed E-state index contributed by atoms with van der Waals surface area (Å²) in [5.41, 5.74) is 1.31. The first-order valence-electron chi connectivity index (χ1n) is 6.07. The van der Waals surface area contributed by atoms with Crippen molar-refractivity contribution in [3.8, 4) is 0 Å². The van der Waals surface area contributed by atoms with Gasteiger partial charge in [0.1, 0.15) is 0 Å². The molecule has 15 heavy (non-hydrogen) atoms. The van der Waals surface area contributed by atoms with Gasteiger partial charge in [-0.2, -0.15) is 0 Å². The minimum Gasteiger partial charge on any atom is -0.316 e. The summed E-state index contributed by atoms with van der Waals surface area (Å²) in [5, 5.41) is 3.17. The molecule has 0 radical (unpaired) electrons. The molecule has 0 bridgehead atoms. The van der Waals surface area contributed by atoms with E-state index in [1.54, 1.807) is 0 Å². The monoisotopic (exact) mass is 209 g/mol. The maximum absolute atomic E-state index is 4.11. The van der Waals surface area contributed by atoms with Gasteiger partial charge < -0.3 is 5.32 Å². The van der Waals surface area contributed by atoms with Crippen LogP contribution < -0.4 is 5.32 Å². The molecule has 1 unspecified atom stereocenters. The van der Waals surface area contributed by atoms with Crippen LogP contribution in [0.5, 0.6) is 0 Å². The predicted molar refractivity (Wildman–Crippen MR) is 64.1 cm³/mol. The lowest BCUT2D eigenvalue weighted by atomic mass is 10.1. The SMILES string of the molecule is C=C(CNC)CN1CCN2CCCC2C1. The van der Waals surface area contributed by atoms with Crippen molar-refractivity contribution in [2.75, 3.05) is 46.3 Å². The van der Waals surface area contributed by atoms with Crippen LogP contribution in [0.1, 0.15) is 12.8 Å². The normalized spacial score (nSPS) is 27.9. The molecule has 0 aromatic rings. The summed E-state index contributed by atoms with van der Waals surface area (Å²) in [6.45, 7) is 11.2. The summed E-state index contributed by atoms with van der Waals surface area (Å²) < 4.78 is 0. The highest BCUT2D eigenvalue weighted by Gasteiger charge is 2.30. The fourth-order valence-electron chi connectivity index (χ4n) is 2.82. The van der Waals surface area contributed by atoms with Gasteiger partial charge in [0.2, 0.25) is 0 Å². The van der Waals surface area contributed by atoms with Gasteiger partial charge >= 0.3 is 0 Å². The molecule has 1 N–H and O–H groups in total. The molecule has 2 aliphatic rings. The highest BCUT2D eigenvalue weighted by molar-refractivity contribution is 5.01. The molecule has 2 fully saturated rings. The van der Waals surface area contributed by atoms with Crippen LogP contribution in [0.3, 0.4) is 0 Å². The maximum atomic E-state index is 4.11. The molecule has 2 saturated heterocycles. The largest absolute Gasteiger partial charge is 0.316 e. The van der Waals surface area contributed by atoms with Crippen molar-refractivity contribution < 1.29 is 0 Å². The standard InChI is InChI=1S/C12H23N3/c1-11(8-13-2)9-14-6-7-15-5-3-4-12(15)10-14/h12-13H,1,3-10H2,2H3. The Bertz CT molecular complexity index is 227. The number of piperazine rings is 1. The van der Waals surface area contributed by atoms with Crippen molar-refractivity contribution in [3.63, 3.8) is 0 Å². The summed E-state index contributed by atoms with van der Waals surface area (Å²) in [5.74, 6) is 0. The van der Waals surface area contributed by atoms with E-state index in [1.807, 2.05) is 7.05 Å². The van der Waals surface area contributed by atoms with Gasteiger partial charge in [0.05, 0.1) is 0 Å². The first-order valence-corrected chi connectivity index (χ1v) is 6.07. The number of rotatable bonds is 4. The summed E-state index contributed by atoms with van der Waals surface area (Å²) in [6, 6.07) is 0.834. The van der Waals surface area contributed by atoms with Gasteiger partial charge in [0.25, 0.3) is 0 Å². The molecule has 2 heterocycles. The highest BCUT2D eigenvalue weighted by Crippen LogP contribution is 2.21. The average Bonchev–Trinajstić information content (AvgIpc) is 2.65. The lowest BCUT2D eigenvalue weighted by Crippen LogP contribution is -2.50. The van der Waals surface area contributed by atoms with Crippen molar-refractivity contribution in [3.05, 3.63) is 12.2 Å². The second kappa shape index (κ2) is 5.10. The quantitative estimate of drug-likeness (QED) is 0.682. The summed E-state index contributed by atoms with van der Waals surface area (Å²) in [4.78, 5) is 5.21. The lowest BCUT2D eigenvalue weighted by molar-refractivity contribution is 0.111. The molecule has 0 aliphatic carbocycles. The molecule has 0 amide bonds. The van der Waals surface area contributed by atoms with Crippen molar-refractivity contribution in [1.82, 2.24) is 15.1 Å². The number of likely N-dealkylation sites (N-methyl/N-ethyl adjacent to an activating group) is 1. The van der Waals surface area contributed by atoms with E-state index in [0.717, 1.165) is 19.1 Å². The molecule has 3 heteroatoms. The molecule has 0 saturated carbocycles. The van der Waals surface area contributed by atoms with E-state index in [4.69, 9.17) is 0 Å². The number of hydrogen-bond donors (Lipinski definition) is 1. The molecule has 2 aliphatic heterocycles. The van der Waals surface area contributed by atoms with Crippen LogP contribution in [0.25, 0.3) is 0 Å². The Morgan fingerprint density at radius 1 is 1.40 bits per heavy atom. The number of fused-ring (bicyclic) bond motifs is 1. The minimum absolute atomic E-state index is 0.834. The summed E-state index contributed by atoms with van der Waals surface area (Å²) in [6.07, 6.45) is 2.80. The van der Waals surface area contributed by atoms with Crippen LogP contribution in [0.2, 0.25) is 0 Å². The van der Waals surface area contributed by atoms with Crippen molar-refractivity contribution in [2.24, 2.45) is 0 Å². The third kappa shape index (κ3) is 2.80. The van der Waals surface area contributed by atoms with Gasteiger partial charge in [-0.05, 0) is 32.0 Å². The molecule has 1 atom stereocenters. The van der Waals surface area contributed by atoms with E-state index in [-0.39, 0.29) is 0 Å². The van der Waals surface area contributed by atoms with Crippen molar-refractivity contribution >= 4 is 0 Å². The first kappa shape index (κ1) is 11.1. The Morgan fingerprint density at radius 2 is 2.27 bits per heavy atom. The Kier molecular flexibility index (Phi) is 3.78. The number of nitrogens with one attached hydrogen (secondary N) is 1. The van der Waals surface area contributed by atoms with Gasteiger partial charge in [0.15, 0.2) is 0 Å². The number of hydrogen-bond acceptors (Lipinski definition) is 3. The Balaban J connectivity index is 1.77. The van der Waals surface area contributed by atoms with E-state index in [0.29, 0.717) is 0 Å². The van der Waals surface area contributed by atoms with Gasteiger partial charge in [-0.15, -0.1) is 0 Å². The molecule has 3 nitrogen and oxygen atoms in total. The summed E-state index contributed by atoms with van der Waals surface area (Å²) >= 11 is 0.